The predicted octanol–water partition coefficient (Wildman–Crippen LogP) is 6.51. The molecule has 2 aromatic heterocycles. The van der Waals surface area contributed by atoms with E-state index in [2.05, 4.69) is 70.7 Å². The van der Waals surface area contributed by atoms with Gasteiger partial charge >= 0.3 is 181 Å². The van der Waals surface area contributed by atoms with E-state index in [1.54, 1.807) is 8.87 Å². The molecule has 3 heterocycles. The summed E-state index contributed by atoms with van der Waals surface area (Å²) in [7, 11) is 0. The second kappa shape index (κ2) is 8.06. The Balaban J connectivity index is 1.96. The van der Waals surface area contributed by atoms with Gasteiger partial charge in [-0.2, -0.15) is 0 Å². The molecule has 0 atom stereocenters. The summed E-state index contributed by atoms with van der Waals surface area (Å²) in [6.07, 6.45) is 3.88. The molecule has 1 fully saturated rings. The van der Waals surface area contributed by atoms with Crippen molar-refractivity contribution in [3.63, 3.8) is 0 Å². The van der Waals surface area contributed by atoms with Gasteiger partial charge in [-0.3, -0.25) is 0 Å². The Labute approximate surface area is 180 Å². The number of nitrogens with zero attached hydrogens (tertiary/aromatic N) is 1. The number of thiocarbonyl (C=S) groups is 1. The Bertz CT molecular complexity index is 785. The first-order chi connectivity index (χ1) is 12.6. The number of likely N-dealkylation sites (tertiary alicyclic amines) is 1. The van der Waals surface area contributed by atoms with E-state index < -0.39 is 0 Å². The van der Waals surface area contributed by atoms with Crippen LogP contribution in [0, 0.1) is 0 Å². The molecule has 146 valence electrons. The monoisotopic (exact) mass is 466 g/mol. The molecule has 0 N–H and O–H groups in total. The summed E-state index contributed by atoms with van der Waals surface area (Å²) in [6.45, 7) is 16.3. The minimum atomic E-state index is 0.221. The summed E-state index contributed by atoms with van der Waals surface area (Å²) >= 11 is 8.12. The average molecular weight is 466 g/mol. The molecule has 0 unspecified atom stereocenters. The van der Waals surface area contributed by atoms with Crippen LogP contribution in [-0.4, -0.2) is 37.5 Å². The number of hydrogen-bond acceptors (Lipinski definition) is 2. The molecule has 0 saturated carbocycles. The Hall–Kier alpha value is -0.541. The van der Waals surface area contributed by atoms with Gasteiger partial charge in [-0.05, 0) is 0 Å². The topological polar surface area (TPSA) is 3.24 Å². The predicted molar refractivity (Wildman–Crippen MR) is 126 cm³/mol. The van der Waals surface area contributed by atoms with Crippen molar-refractivity contribution in [2.75, 3.05) is 13.1 Å². The Morgan fingerprint density at radius 1 is 0.926 bits per heavy atom. The summed E-state index contributed by atoms with van der Waals surface area (Å²) < 4.78 is 3.18. The van der Waals surface area contributed by atoms with Crippen LogP contribution >= 0.6 is 23.6 Å². The third-order valence-corrected chi connectivity index (χ3v) is 10.8. The van der Waals surface area contributed by atoms with Gasteiger partial charge in [0, 0.05) is 0 Å². The van der Waals surface area contributed by atoms with Gasteiger partial charge in [-0.15, -0.1) is 0 Å². The maximum atomic E-state index is 5.82. The van der Waals surface area contributed by atoms with Crippen molar-refractivity contribution in [2.45, 2.75) is 71.6 Å². The number of piperidine rings is 1. The van der Waals surface area contributed by atoms with Gasteiger partial charge in [-0.25, -0.2) is 0 Å². The van der Waals surface area contributed by atoms with E-state index in [0.717, 1.165) is 18.1 Å². The summed E-state index contributed by atoms with van der Waals surface area (Å²) in [5.74, 6) is 0. The van der Waals surface area contributed by atoms with Crippen molar-refractivity contribution < 1.29 is 0 Å². The second-order valence-corrected chi connectivity index (χ2v) is 13.3. The average Bonchev–Trinajstić information content (AvgIpc) is 3.10. The van der Waals surface area contributed by atoms with Gasteiger partial charge in [0.1, 0.15) is 0 Å². The molecular formula is C23H32NS2Se+. The second-order valence-electron chi connectivity index (χ2n) is 9.59. The van der Waals surface area contributed by atoms with Crippen LogP contribution in [0.2, 0.25) is 0 Å². The zero-order valence-electron chi connectivity index (χ0n) is 17.5. The van der Waals surface area contributed by atoms with Crippen molar-refractivity contribution in [3.8, 4) is 10.4 Å². The van der Waals surface area contributed by atoms with E-state index >= 15 is 0 Å². The van der Waals surface area contributed by atoms with Gasteiger partial charge in [0.25, 0.3) is 0 Å². The molecule has 3 rings (SSSR count). The molecule has 0 amide bonds. The van der Waals surface area contributed by atoms with Crippen LogP contribution in [0.25, 0.3) is 10.4 Å². The summed E-state index contributed by atoms with van der Waals surface area (Å²) in [5, 5.41) is 0. The maximum absolute atomic E-state index is 5.82. The van der Waals surface area contributed by atoms with Crippen LogP contribution in [0.4, 0.5) is 0 Å². The Morgan fingerprint density at radius 2 is 1.48 bits per heavy atom. The molecule has 1 saturated heterocycles. The van der Waals surface area contributed by atoms with Crippen LogP contribution in [0.1, 0.15) is 74.6 Å². The van der Waals surface area contributed by atoms with Crippen LogP contribution in [0.15, 0.2) is 24.3 Å². The molecule has 0 bridgehead atoms. The van der Waals surface area contributed by atoms with Crippen molar-refractivity contribution >= 4 is 43.0 Å². The normalized spacial score (nSPS) is 15.9. The van der Waals surface area contributed by atoms with Crippen LogP contribution in [0.5, 0.6) is 0 Å². The summed E-state index contributed by atoms with van der Waals surface area (Å²) in [5.41, 5.74) is 1.81. The van der Waals surface area contributed by atoms with E-state index in [4.69, 9.17) is 12.2 Å². The van der Waals surface area contributed by atoms with Crippen molar-refractivity contribution in [1.29, 1.82) is 0 Å². The summed E-state index contributed by atoms with van der Waals surface area (Å²) in [6, 6.07) is 9.42. The fourth-order valence-electron chi connectivity index (χ4n) is 3.24. The van der Waals surface area contributed by atoms with E-state index in [-0.39, 0.29) is 10.8 Å². The first kappa shape index (κ1) is 21.2. The molecule has 1 nitrogen and oxygen atoms in total. The minimum absolute atomic E-state index is 0.221. The summed E-state index contributed by atoms with van der Waals surface area (Å²) in [4.78, 5) is 6.05. The molecule has 0 aliphatic carbocycles. The zero-order chi connectivity index (χ0) is 19.8. The molecule has 0 spiro atoms. The van der Waals surface area contributed by atoms with E-state index in [0.29, 0.717) is 14.5 Å². The number of thiophene rings is 1. The molecule has 1 aliphatic heterocycles. The quantitative estimate of drug-likeness (QED) is 0.367. The van der Waals surface area contributed by atoms with Crippen LogP contribution < -0.4 is 0 Å². The molecular weight excluding hydrogens is 433 g/mol. The molecule has 1 aliphatic rings. The fraction of sp³-hybridized carbons (Fsp3) is 0.565. The van der Waals surface area contributed by atoms with Crippen LogP contribution in [-0.2, 0) is 10.8 Å². The Morgan fingerprint density at radius 3 is 2.00 bits per heavy atom. The SMILES string of the molecule is CC(C)(C)c1cc(-c2ccc(C(=S)N3CCCCC3)s2)cc(C(C)(C)C)[se+]1. The fourth-order valence-corrected chi connectivity index (χ4v) is 7.14. The molecule has 4 heteroatoms. The number of hydrogen-bond donors (Lipinski definition) is 0. The van der Waals surface area contributed by atoms with Gasteiger partial charge < -0.3 is 0 Å². The van der Waals surface area contributed by atoms with E-state index in [9.17, 15) is 0 Å². The van der Waals surface area contributed by atoms with Crippen molar-refractivity contribution in [2.24, 2.45) is 0 Å². The van der Waals surface area contributed by atoms with E-state index in [1.807, 2.05) is 11.3 Å². The molecule has 2 aromatic rings. The number of rotatable bonds is 2. The standard InChI is InChI=1S/C23H32NS2Se/c1-22(2,3)19-14-16(15-20(27-19)23(4,5)6)17-10-11-18(26-17)21(25)24-12-8-7-9-13-24/h10-11,14-15H,7-9,12-13H2,1-6H3/q+1. The van der Waals surface area contributed by atoms with Gasteiger partial charge in [0.15, 0.2) is 0 Å². The van der Waals surface area contributed by atoms with E-state index in [1.165, 1.54) is 34.6 Å². The van der Waals surface area contributed by atoms with Crippen molar-refractivity contribution in [1.82, 2.24) is 4.90 Å². The van der Waals surface area contributed by atoms with Crippen molar-refractivity contribution in [3.05, 3.63) is 38.0 Å². The molecule has 27 heavy (non-hydrogen) atoms. The van der Waals surface area contributed by atoms with Gasteiger partial charge in [0.2, 0.25) is 0 Å². The molecule has 0 radical (unpaired) electrons. The third-order valence-electron chi connectivity index (χ3n) is 5.02. The first-order valence-corrected chi connectivity index (χ1v) is 12.9. The van der Waals surface area contributed by atoms with Gasteiger partial charge in [-0.1, -0.05) is 0 Å². The molecule has 0 aromatic carbocycles. The van der Waals surface area contributed by atoms with Gasteiger partial charge in [0.05, 0.1) is 0 Å². The zero-order valence-corrected chi connectivity index (χ0v) is 20.9. The Kier molecular flexibility index (Phi) is 6.32. The van der Waals surface area contributed by atoms with Crippen LogP contribution in [0.3, 0.4) is 0 Å². The first-order valence-electron chi connectivity index (χ1n) is 9.94. The third kappa shape index (κ3) is 5.09.